The topological polar surface area (TPSA) is 88.5 Å². The molecule has 0 bridgehead atoms. The largest absolute Gasteiger partial charge is 0.497 e. The van der Waals surface area contributed by atoms with E-state index in [0.717, 1.165) is 0 Å². The standard InChI is InChI=1S/C19H28N2O6/c1-19(2,3)27-18(24)21-8-6-20(7-9-21)16(17(22)23)13-10-14(25-4)12-15(11-13)26-5/h10-12,16H,6-9H2,1-5H3,(H,22,23). The highest BCUT2D eigenvalue weighted by Gasteiger charge is 2.33. The van der Waals surface area contributed by atoms with Crippen LogP contribution in [0.25, 0.3) is 0 Å². The summed E-state index contributed by atoms with van der Waals surface area (Å²) in [6.45, 7) is 7.11. The van der Waals surface area contributed by atoms with Gasteiger partial charge in [-0.25, -0.2) is 4.79 Å². The number of carbonyl (C=O) groups is 2. The molecule has 2 rings (SSSR count). The molecule has 0 saturated carbocycles. The molecule has 150 valence electrons. The first-order valence-electron chi connectivity index (χ1n) is 8.82. The lowest BCUT2D eigenvalue weighted by Crippen LogP contribution is -2.52. The number of hydrogen-bond donors (Lipinski definition) is 1. The van der Waals surface area contributed by atoms with Gasteiger partial charge in [0, 0.05) is 32.2 Å². The lowest BCUT2D eigenvalue weighted by Gasteiger charge is -2.38. The molecule has 1 aromatic rings. The first-order valence-corrected chi connectivity index (χ1v) is 8.82. The first kappa shape index (κ1) is 20.8. The number of ether oxygens (including phenoxy) is 3. The highest BCUT2D eigenvalue weighted by molar-refractivity contribution is 5.76. The smallest absolute Gasteiger partial charge is 0.410 e. The minimum absolute atomic E-state index is 0.378. The summed E-state index contributed by atoms with van der Waals surface area (Å²) in [4.78, 5) is 27.6. The molecule has 0 aliphatic carbocycles. The molecule has 8 nitrogen and oxygen atoms in total. The molecule has 1 aliphatic heterocycles. The van der Waals surface area contributed by atoms with E-state index in [1.165, 1.54) is 14.2 Å². The summed E-state index contributed by atoms with van der Waals surface area (Å²) < 4.78 is 15.9. The minimum Gasteiger partial charge on any atom is -0.497 e. The Kier molecular flexibility index (Phi) is 6.54. The maximum atomic E-state index is 12.2. The van der Waals surface area contributed by atoms with E-state index < -0.39 is 17.6 Å². The molecule has 1 atom stereocenters. The molecule has 27 heavy (non-hydrogen) atoms. The number of carbonyl (C=O) groups excluding carboxylic acids is 1. The third-order valence-electron chi connectivity index (χ3n) is 4.25. The van der Waals surface area contributed by atoms with Crippen LogP contribution in [0, 0.1) is 0 Å². The molecule has 1 N–H and O–H groups in total. The van der Waals surface area contributed by atoms with E-state index in [2.05, 4.69) is 0 Å². The molecule has 0 radical (unpaired) electrons. The van der Waals surface area contributed by atoms with Gasteiger partial charge in [-0.2, -0.15) is 0 Å². The zero-order chi connectivity index (χ0) is 20.2. The van der Waals surface area contributed by atoms with Crippen LogP contribution in [0.2, 0.25) is 0 Å². The summed E-state index contributed by atoms with van der Waals surface area (Å²) in [6.07, 6.45) is -0.378. The van der Waals surface area contributed by atoms with Gasteiger partial charge in [0.2, 0.25) is 0 Å². The number of rotatable bonds is 5. The number of hydrogen-bond acceptors (Lipinski definition) is 6. The van der Waals surface area contributed by atoms with Crippen LogP contribution in [0.15, 0.2) is 18.2 Å². The minimum atomic E-state index is -0.962. The normalized spacial score (nSPS) is 16.6. The number of nitrogens with zero attached hydrogens (tertiary/aromatic N) is 2. The maximum absolute atomic E-state index is 12.2. The lowest BCUT2D eigenvalue weighted by atomic mass is 10.0. The summed E-state index contributed by atoms with van der Waals surface area (Å²) in [7, 11) is 3.04. The molecular formula is C19H28N2O6. The van der Waals surface area contributed by atoms with Gasteiger partial charge in [-0.15, -0.1) is 0 Å². The molecular weight excluding hydrogens is 352 g/mol. The van der Waals surface area contributed by atoms with Crippen molar-refractivity contribution in [2.24, 2.45) is 0 Å². The molecule has 8 heteroatoms. The SMILES string of the molecule is COc1cc(OC)cc(C(C(=O)O)N2CCN(C(=O)OC(C)(C)C)CC2)c1. The number of benzene rings is 1. The van der Waals surface area contributed by atoms with Gasteiger partial charge >= 0.3 is 12.1 Å². The summed E-state index contributed by atoms with van der Waals surface area (Å²) in [5.41, 5.74) is 0.0130. The predicted molar refractivity (Wildman–Crippen MR) is 99.3 cm³/mol. The summed E-state index contributed by atoms with van der Waals surface area (Å²) in [6, 6.07) is 4.24. The van der Waals surface area contributed by atoms with Gasteiger partial charge in [0.15, 0.2) is 0 Å². The van der Waals surface area contributed by atoms with Gasteiger partial charge in [0.25, 0.3) is 0 Å². The Labute approximate surface area is 159 Å². The van der Waals surface area contributed by atoms with Crippen molar-refractivity contribution in [3.8, 4) is 11.5 Å². The van der Waals surface area contributed by atoms with Gasteiger partial charge in [-0.1, -0.05) is 0 Å². The summed E-state index contributed by atoms with van der Waals surface area (Å²) in [5, 5.41) is 9.81. The molecule has 0 aromatic heterocycles. The van der Waals surface area contributed by atoms with Gasteiger partial charge in [0.05, 0.1) is 14.2 Å². The number of amides is 1. The van der Waals surface area contributed by atoms with Crippen LogP contribution in [0.4, 0.5) is 4.79 Å². The van der Waals surface area contributed by atoms with Crippen LogP contribution in [-0.2, 0) is 9.53 Å². The van der Waals surface area contributed by atoms with Crippen LogP contribution in [0.1, 0.15) is 32.4 Å². The molecule has 0 spiro atoms. The molecule has 1 fully saturated rings. The van der Waals surface area contributed by atoms with Crippen LogP contribution >= 0.6 is 0 Å². The second-order valence-electron chi connectivity index (χ2n) is 7.39. The fourth-order valence-electron chi connectivity index (χ4n) is 2.99. The van der Waals surface area contributed by atoms with Crippen LogP contribution < -0.4 is 9.47 Å². The quantitative estimate of drug-likeness (QED) is 0.839. The van der Waals surface area contributed by atoms with Crippen molar-refractivity contribution in [2.45, 2.75) is 32.4 Å². The lowest BCUT2D eigenvalue weighted by molar-refractivity contribution is -0.144. The van der Waals surface area contributed by atoms with Crippen LogP contribution in [-0.4, -0.2) is 73.0 Å². The van der Waals surface area contributed by atoms with E-state index in [9.17, 15) is 14.7 Å². The van der Waals surface area contributed by atoms with Gasteiger partial charge < -0.3 is 24.2 Å². The Morgan fingerprint density at radius 3 is 1.93 bits per heavy atom. The van der Waals surface area contributed by atoms with Crippen LogP contribution in [0.5, 0.6) is 11.5 Å². The number of aliphatic carboxylic acids is 1. The van der Waals surface area contributed by atoms with Gasteiger partial charge in [0.1, 0.15) is 23.1 Å². The summed E-state index contributed by atoms with van der Waals surface area (Å²) in [5.74, 6) is 0.0991. The van der Waals surface area contributed by atoms with Crippen molar-refractivity contribution in [1.29, 1.82) is 0 Å². The van der Waals surface area contributed by atoms with Crippen molar-refractivity contribution < 1.29 is 28.9 Å². The number of carboxylic acids is 1. The third kappa shape index (κ3) is 5.50. The Hall–Kier alpha value is -2.48. The van der Waals surface area contributed by atoms with E-state index in [1.54, 1.807) is 23.1 Å². The second-order valence-corrected chi connectivity index (χ2v) is 7.39. The van der Waals surface area contributed by atoms with Crippen molar-refractivity contribution >= 4 is 12.1 Å². The second kappa shape index (κ2) is 8.47. The van der Waals surface area contributed by atoms with E-state index in [4.69, 9.17) is 14.2 Å². The van der Waals surface area contributed by atoms with Crippen LogP contribution in [0.3, 0.4) is 0 Å². The number of piperazine rings is 1. The zero-order valence-corrected chi connectivity index (χ0v) is 16.5. The highest BCUT2D eigenvalue weighted by atomic mass is 16.6. The van der Waals surface area contributed by atoms with Gasteiger partial charge in [-0.05, 0) is 38.5 Å². The highest BCUT2D eigenvalue weighted by Crippen LogP contribution is 2.30. The zero-order valence-electron chi connectivity index (χ0n) is 16.5. The summed E-state index contributed by atoms with van der Waals surface area (Å²) >= 11 is 0. The van der Waals surface area contributed by atoms with Gasteiger partial charge in [-0.3, -0.25) is 9.69 Å². The Balaban J connectivity index is 2.14. The van der Waals surface area contributed by atoms with Crippen molar-refractivity contribution in [3.05, 3.63) is 23.8 Å². The fourth-order valence-corrected chi connectivity index (χ4v) is 2.99. The molecule has 1 saturated heterocycles. The molecule has 1 aliphatic rings. The van der Waals surface area contributed by atoms with E-state index in [-0.39, 0.29) is 6.09 Å². The predicted octanol–water partition coefficient (Wildman–Crippen LogP) is 2.38. The molecule has 1 amide bonds. The van der Waals surface area contributed by atoms with Crippen molar-refractivity contribution in [2.75, 3.05) is 40.4 Å². The number of methoxy groups -OCH3 is 2. The van der Waals surface area contributed by atoms with Crippen molar-refractivity contribution in [3.63, 3.8) is 0 Å². The Bertz CT molecular complexity index is 655. The van der Waals surface area contributed by atoms with E-state index in [0.29, 0.717) is 43.2 Å². The molecule has 1 unspecified atom stereocenters. The Morgan fingerprint density at radius 1 is 1.00 bits per heavy atom. The van der Waals surface area contributed by atoms with E-state index in [1.807, 2.05) is 25.7 Å². The third-order valence-corrected chi connectivity index (χ3v) is 4.25. The maximum Gasteiger partial charge on any atom is 0.410 e. The molecule has 1 aromatic carbocycles. The molecule has 1 heterocycles. The fraction of sp³-hybridized carbons (Fsp3) is 0.579. The van der Waals surface area contributed by atoms with Crippen molar-refractivity contribution in [1.82, 2.24) is 9.80 Å². The average molecular weight is 380 g/mol. The van der Waals surface area contributed by atoms with E-state index >= 15 is 0 Å². The Morgan fingerprint density at radius 2 is 1.52 bits per heavy atom. The first-order chi connectivity index (χ1) is 12.6. The monoisotopic (exact) mass is 380 g/mol. The average Bonchev–Trinajstić information content (AvgIpc) is 2.60. The number of carboxylic acid groups (broad SMARTS) is 1.